The van der Waals surface area contributed by atoms with Crippen molar-refractivity contribution in [1.82, 2.24) is 0 Å². The molecule has 0 unspecified atom stereocenters. The molecule has 3 nitrogen and oxygen atoms in total. The molecule has 22 aromatic carbocycles. The van der Waals surface area contributed by atoms with Gasteiger partial charge in [-0.3, -0.25) is 0 Å². The fraction of sp³-hybridized carbons (Fsp3) is 0.0222. The average molecular weight is 1760 g/mol. The maximum absolute atomic E-state index is 2.39. The van der Waals surface area contributed by atoms with Crippen molar-refractivity contribution >= 4 is 51.2 Å². The van der Waals surface area contributed by atoms with E-state index in [9.17, 15) is 0 Å². The minimum absolute atomic E-state index is 0.386. The zero-order valence-corrected chi connectivity index (χ0v) is 76.3. The second-order valence-corrected chi connectivity index (χ2v) is 35.6. The van der Waals surface area contributed by atoms with E-state index >= 15 is 0 Å². The summed E-state index contributed by atoms with van der Waals surface area (Å²) in [6.45, 7) is 0. The summed E-state index contributed by atoms with van der Waals surface area (Å²) in [5.74, 6) is 0. The predicted octanol–water partition coefficient (Wildman–Crippen LogP) is 35.2. The molecule has 0 bridgehead atoms. The Morgan fingerprint density at radius 2 is 0.254 bits per heavy atom. The Kier molecular flexibility index (Phi) is 22.9. The number of para-hydroxylation sites is 3. The van der Waals surface area contributed by atoms with Crippen molar-refractivity contribution in [1.29, 1.82) is 0 Å². The van der Waals surface area contributed by atoms with Gasteiger partial charge in [0.25, 0.3) is 0 Å². The first-order chi connectivity index (χ1) is 68.5. The van der Waals surface area contributed by atoms with Gasteiger partial charge in [-0.15, -0.1) is 0 Å². The maximum Gasteiger partial charge on any atom is 0.0714 e. The summed E-state index contributed by atoms with van der Waals surface area (Å²) in [6, 6.07) is 213. The third-order valence-electron chi connectivity index (χ3n) is 28.1. The molecule has 0 atom stereocenters. The van der Waals surface area contributed by atoms with Crippen molar-refractivity contribution in [3.05, 3.63) is 655 Å². The number of hydrogen-bond donors (Lipinski definition) is 0. The van der Waals surface area contributed by atoms with Crippen LogP contribution in [-0.4, -0.2) is 0 Å². The van der Waals surface area contributed by atoms with E-state index in [0.29, 0.717) is 0 Å². The maximum atomic E-state index is 2.39. The largest absolute Gasteiger partial charge is 0.311 e. The van der Waals surface area contributed by atoms with Crippen LogP contribution in [0.4, 0.5) is 51.2 Å². The van der Waals surface area contributed by atoms with Crippen molar-refractivity contribution in [2.75, 3.05) is 14.7 Å². The number of hydrogen-bond acceptors (Lipinski definition) is 3. The van der Waals surface area contributed by atoms with E-state index in [1.54, 1.807) is 0 Å². The van der Waals surface area contributed by atoms with E-state index in [4.69, 9.17) is 0 Å². The van der Waals surface area contributed by atoms with Gasteiger partial charge in [-0.25, -0.2) is 0 Å². The molecule has 0 aliphatic heterocycles. The smallest absolute Gasteiger partial charge is 0.0714 e. The Balaban J connectivity index is 0.000000116. The van der Waals surface area contributed by atoms with Crippen LogP contribution in [0.2, 0.25) is 0 Å². The molecule has 22 aromatic rings. The number of rotatable bonds is 19. The number of anilines is 9. The molecular formula is C135H97N3. The van der Waals surface area contributed by atoms with E-state index in [-0.39, 0.29) is 5.41 Å². The molecule has 0 saturated carbocycles. The molecule has 138 heavy (non-hydrogen) atoms. The van der Waals surface area contributed by atoms with Gasteiger partial charge in [-0.1, -0.05) is 479 Å². The lowest BCUT2D eigenvalue weighted by Crippen LogP contribution is -2.28. The van der Waals surface area contributed by atoms with Gasteiger partial charge in [0.15, 0.2) is 0 Å². The summed E-state index contributed by atoms with van der Waals surface area (Å²) < 4.78 is 0. The van der Waals surface area contributed by atoms with Gasteiger partial charge in [0, 0.05) is 51.2 Å². The minimum atomic E-state index is -0.440. The fourth-order valence-electron chi connectivity index (χ4n) is 22.0. The van der Waals surface area contributed by atoms with Crippen LogP contribution in [0.25, 0.3) is 77.9 Å². The molecule has 0 heterocycles. The lowest BCUT2D eigenvalue weighted by atomic mass is 9.67. The van der Waals surface area contributed by atoms with Gasteiger partial charge in [-0.2, -0.15) is 0 Å². The third kappa shape index (κ3) is 15.3. The Bertz CT molecular complexity index is 7830. The second-order valence-electron chi connectivity index (χ2n) is 35.6. The van der Waals surface area contributed by atoms with Gasteiger partial charge in [0.1, 0.15) is 0 Å². The SMILES string of the molecule is c1ccc(-c2ccc(N(c3ccccc3)c3ccc(-c4ccc(C5(c6ccccc6)c6ccccc6-c6ccccc65)cc4)cc3)cc2)cc1.c1ccc(-c2ccc(N(c3ccccc3)c3ccc(C4(c5ccccc5)c5ccccc5-c5ccccc54)cc3)cc2)cc1.c1ccc(-c2ccc(N(c3ccccc3)c3cccc(C4(c5ccccc5)c5ccccc5-c5ccccc54)c3)cc2)cc1. The first-order valence-electron chi connectivity index (χ1n) is 47.7. The van der Waals surface area contributed by atoms with Crippen LogP contribution in [0.15, 0.2) is 588 Å². The normalized spacial score (nSPS) is 12.7. The van der Waals surface area contributed by atoms with Crippen molar-refractivity contribution in [3.63, 3.8) is 0 Å². The second kappa shape index (κ2) is 37.4. The first kappa shape index (κ1) is 84.5. The van der Waals surface area contributed by atoms with E-state index in [1.165, 1.54) is 145 Å². The summed E-state index contributed by atoms with van der Waals surface area (Å²) >= 11 is 0. The van der Waals surface area contributed by atoms with Gasteiger partial charge >= 0.3 is 0 Å². The number of fused-ring (bicyclic) bond motifs is 9. The van der Waals surface area contributed by atoms with E-state index in [0.717, 1.165) is 51.2 Å². The van der Waals surface area contributed by atoms with Gasteiger partial charge in [0.2, 0.25) is 0 Å². The molecule has 0 fully saturated rings. The summed E-state index contributed by atoms with van der Waals surface area (Å²) in [5.41, 5.74) is 42.0. The van der Waals surface area contributed by atoms with Gasteiger partial charge in [0.05, 0.1) is 16.2 Å². The number of benzene rings is 22. The summed E-state index contributed by atoms with van der Waals surface area (Å²) in [4.78, 5) is 7.02. The molecular weight excluding hydrogens is 1660 g/mol. The molecule has 3 heteroatoms. The topological polar surface area (TPSA) is 9.72 Å². The van der Waals surface area contributed by atoms with Gasteiger partial charge < -0.3 is 14.7 Å². The highest BCUT2D eigenvalue weighted by atomic mass is 15.2. The fourth-order valence-corrected chi connectivity index (χ4v) is 22.0. The third-order valence-corrected chi connectivity index (χ3v) is 28.1. The molecule has 3 aliphatic rings. The first-order valence-corrected chi connectivity index (χ1v) is 47.7. The van der Waals surface area contributed by atoms with Crippen LogP contribution in [-0.2, 0) is 16.2 Å². The highest BCUT2D eigenvalue weighted by molar-refractivity contribution is 5.92. The summed E-state index contributed by atoms with van der Waals surface area (Å²) in [6.07, 6.45) is 0. The van der Waals surface area contributed by atoms with Crippen molar-refractivity contribution in [2.24, 2.45) is 0 Å². The van der Waals surface area contributed by atoms with E-state index < -0.39 is 10.8 Å². The molecule has 0 N–H and O–H groups in total. The van der Waals surface area contributed by atoms with Crippen LogP contribution >= 0.6 is 0 Å². The predicted molar refractivity (Wildman–Crippen MR) is 577 cm³/mol. The summed E-state index contributed by atoms with van der Waals surface area (Å²) in [7, 11) is 0. The number of nitrogens with zero attached hydrogens (tertiary/aromatic N) is 3. The molecule has 3 aliphatic carbocycles. The minimum Gasteiger partial charge on any atom is -0.311 e. The average Bonchev–Trinajstić information content (AvgIpc) is 1.55. The van der Waals surface area contributed by atoms with Crippen molar-refractivity contribution in [2.45, 2.75) is 16.2 Å². The molecule has 652 valence electrons. The quantitative estimate of drug-likeness (QED) is 0.0799. The monoisotopic (exact) mass is 1760 g/mol. The molecule has 0 radical (unpaired) electrons. The molecule has 25 rings (SSSR count). The zero-order valence-electron chi connectivity index (χ0n) is 76.3. The Hall–Kier alpha value is -17.8. The zero-order chi connectivity index (χ0) is 92.0. The molecule has 0 aromatic heterocycles. The van der Waals surface area contributed by atoms with Crippen molar-refractivity contribution < 1.29 is 0 Å². The molecule has 0 amide bonds. The molecule has 0 spiro atoms. The van der Waals surface area contributed by atoms with E-state index in [1.807, 2.05) is 0 Å². The van der Waals surface area contributed by atoms with Gasteiger partial charge in [-0.05, 0) is 254 Å². The van der Waals surface area contributed by atoms with E-state index in [2.05, 4.69) is 603 Å². The Morgan fingerprint density at radius 1 is 0.101 bits per heavy atom. The molecule has 0 saturated heterocycles. The van der Waals surface area contributed by atoms with Crippen LogP contribution in [0, 0.1) is 0 Å². The van der Waals surface area contributed by atoms with Crippen molar-refractivity contribution in [3.8, 4) is 77.9 Å². The summed E-state index contributed by atoms with van der Waals surface area (Å²) in [5, 5.41) is 0. The lowest BCUT2D eigenvalue weighted by molar-refractivity contribution is 0.768. The Labute approximate surface area is 809 Å². The lowest BCUT2D eigenvalue weighted by Gasteiger charge is -2.35. The van der Waals surface area contributed by atoms with Crippen LogP contribution in [0.5, 0.6) is 0 Å². The van der Waals surface area contributed by atoms with Crippen LogP contribution in [0.3, 0.4) is 0 Å². The standard InChI is InChI=1S/C49H35N.2C43H31N/c1-4-14-36(15-5-1)38-26-32-43(33-27-38)50(42-18-8-3-9-19-42)44-34-28-39(29-35-44)37-24-30-41(31-25-37)49(40-16-6-2-7-17-40)47-22-12-10-20-45(47)46-21-11-13-23-48(46)49;1-4-15-32(16-5-1)33-27-29-37(30-28-33)44(36-20-8-3-9-21-36)38-22-14-19-35(31-38)43(34-17-6-2-7-18-34)41-25-12-10-23-39(41)40-24-11-13-26-42(40)43;1-4-14-32(15-5-1)33-24-28-37(29-25-33)44(36-18-8-3-9-19-36)38-30-26-35(27-31-38)43(34-16-6-2-7-17-34)41-22-12-10-20-39(41)40-21-11-13-23-42(40)43/h1-35H;2*1-31H. The highest BCUT2D eigenvalue weighted by Crippen LogP contribution is 2.61. The highest BCUT2D eigenvalue weighted by Gasteiger charge is 2.49. The Morgan fingerprint density at radius 3 is 0.507 bits per heavy atom. The van der Waals surface area contributed by atoms with Crippen LogP contribution < -0.4 is 14.7 Å². The van der Waals surface area contributed by atoms with Crippen LogP contribution in [0.1, 0.15) is 66.8 Å².